The zero-order chi connectivity index (χ0) is 13.8. The number of pyridine rings is 1. The van der Waals surface area contributed by atoms with Gasteiger partial charge in [0.05, 0.1) is 20.8 Å². The van der Waals surface area contributed by atoms with Crippen LogP contribution >= 0.6 is 11.6 Å². The van der Waals surface area contributed by atoms with Crippen molar-refractivity contribution in [3.05, 3.63) is 41.7 Å². The number of hydrogen-bond donors (Lipinski definition) is 1. The lowest BCUT2D eigenvalue weighted by Gasteiger charge is -2.23. The van der Waals surface area contributed by atoms with Crippen LogP contribution in [0.5, 0.6) is 0 Å². The van der Waals surface area contributed by atoms with Crippen LogP contribution in [-0.2, 0) is 11.0 Å². The van der Waals surface area contributed by atoms with E-state index in [4.69, 9.17) is 11.6 Å². The first-order chi connectivity index (χ1) is 8.34. The molecular formula is C13H19ClN2OS. The van der Waals surface area contributed by atoms with E-state index >= 15 is 0 Å². The fourth-order valence-electron chi connectivity index (χ4n) is 1.34. The smallest absolute Gasteiger partial charge is 0.0976 e. The minimum atomic E-state index is -1.14. The van der Waals surface area contributed by atoms with Gasteiger partial charge in [-0.05, 0) is 38.8 Å². The quantitative estimate of drug-likeness (QED) is 0.843. The van der Waals surface area contributed by atoms with E-state index in [0.717, 1.165) is 5.56 Å². The predicted molar refractivity (Wildman–Crippen MR) is 77.8 cm³/mol. The molecule has 1 aromatic heterocycles. The molecule has 0 aliphatic rings. The van der Waals surface area contributed by atoms with E-state index in [1.54, 1.807) is 18.5 Å². The average Bonchev–Trinajstić information content (AvgIpc) is 2.27. The molecule has 1 unspecified atom stereocenters. The molecule has 18 heavy (non-hydrogen) atoms. The minimum absolute atomic E-state index is 0.0891. The summed E-state index contributed by atoms with van der Waals surface area (Å²) in [5.74, 6) is 0. The first-order valence-corrected chi connectivity index (χ1v) is 7.26. The van der Waals surface area contributed by atoms with Gasteiger partial charge in [-0.25, -0.2) is 8.93 Å². The highest BCUT2D eigenvalue weighted by atomic mass is 35.5. The Morgan fingerprint density at radius 2 is 2.22 bits per heavy atom. The van der Waals surface area contributed by atoms with E-state index in [0.29, 0.717) is 11.4 Å². The summed E-state index contributed by atoms with van der Waals surface area (Å²) in [5.41, 5.74) is 0.917. The lowest BCUT2D eigenvalue weighted by atomic mass is 10.1. The highest BCUT2D eigenvalue weighted by Gasteiger charge is 2.23. The maximum Gasteiger partial charge on any atom is 0.0976 e. The second-order valence-electron chi connectivity index (χ2n) is 5.01. The Labute approximate surface area is 116 Å². The fourth-order valence-corrected chi connectivity index (χ4v) is 2.37. The van der Waals surface area contributed by atoms with Crippen molar-refractivity contribution >= 4 is 22.6 Å². The van der Waals surface area contributed by atoms with E-state index < -0.39 is 11.0 Å². The van der Waals surface area contributed by atoms with Gasteiger partial charge >= 0.3 is 0 Å². The highest BCUT2D eigenvalue weighted by Crippen LogP contribution is 2.22. The van der Waals surface area contributed by atoms with E-state index in [1.807, 2.05) is 26.8 Å². The third kappa shape index (κ3) is 4.52. The topological polar surface area (TPSA) is 42.0 Å². The van der Waals surface area contributed by atoms with Crippen LogP contribution in [0.25, 0.3) is 0 Å². The molecule has 0 amide bonds. The summed E-state index contributed by atoms with van der Waals surface area (Å²) in [7, 11) is -1.14. The van der Waals surface area contributed by atoms with Crippen LogP contribution < -0.4 is 4.72 Å². The van der Waals surface area contributed by atoms with Crippen LogP contribution in [0.1, 0.15) is 38.8 Å². The Balaban J connectivity index is 2.90. The van der Waals surface area contributed by atoms with Gasteiger partial charge in [0.1, 0.15) is 0 Å². The molecule has 100 valence electrons. The highest BCUT2D eigenvalue weighted by molar-refractivity contribution is 7.84. The summed E-state index contributed by atoms with van der Waals surface area (Å²) in [6, 6.07) is 1.74. The minimum Gasteiger partial charge on any atom is -0.263 e. The maximum atomic E-state index is 12.1. The van der Waals surface area contributed by atoms with Crippen molar-refractivity contribution in [3.63, 3.8) is 0 Å². The van der Waals surface area contributed by atoms with Crippen LogP contribution in [-0.4, -0.2) is 13.9 Å². The Morgan fingerprint density at radius 1 is 1.56 bits per heavy atom. The summed E-state index contributed by atoms with van der Waals surface area (Å²) in [6.45, 7) is 9.51. The molecule has 1 aromatic rings. The van der Waals surface area contributed by atoms with Crippen molar-refractivity contribution in [2.45, 2.75) is 38.0 Å². The third-order valence-corrected chi connectivity index (χ3v) is 4.15. The van der Waals surface area contributed by atoms with Gasteiger partial charge in [-0.3, -0.25) is 4.98 Å². The Bertz CT molecular complexity index is 443. The average molecular weight is 287 g/mol. The monoisotopic (exact) mass is 286 g/mol. The zero-order valence-corrected chi connectivity index (χ0v) is 12.5. The third-order valence-electron chi connectivity index (χ3n) is 2.34. The van der Waals surface area contributed by atoms with Gasteiger partial charge in [0, 0.05) is 18.4 Å². The first kappa shape index (κ1) is 15.3. The van der Waals surface area contributed by atoms with E-state index in [1.165, 1.54) is 0 Å². The molecule has 3 nitrogen and oxygen atoms in total. The zero-order valence-electron chi connectivity index (χ0n) is 10.9. The van der Waals surface area contributed by atoms with Crippen LogP contribution in [0.15, 0.2) is 31.1 Å². The molecule has 0 aliphatic carbocycles. The summed E-state index contributed by atoms with van der Waals surface area (Å²) >= 11 is 5.92. The van der Waals surface area contributed by atoms with Crippen LogP contribution in [0.3, 0.4) is 0 Å². The molecule has 0 spiro atoms. The van der Waals surface area contributed by atoms with Gasteiger partial charge in [-0.1, -0.05) is 17.7 Å². The van der Waals surface area contributed by atoms with Crippen molar-refractivity contribution in [3.8, 4) is 0 Å². The van der Waals surface area contributed by atoms with Crippen molar-refractivity contribution in [2.24, 2.45) is 0 Å². The molecule has 0 fully saturated rings. The number of aromatic nitrogens is 1. The van der Waals surface area contributed by atoms with Crippen molar-refractivity contribution < 1.29 is 4.21 Å². The lowest BCUT2D eigenvalue weighted by Crippen LogP contribution is -2.35. The molecular weight excluding hydrogens is 268 g/mol. The molecule has 0 aliphatic heterocycles. The van der Waals surface area contributed by atoms with Gasteiger partial charge in [0.2, 0.25) is 0 Å². The molecule has 0 saturated heterocycles. The van der Waals surface area contributed by atoms with Gasteiger partial charge in [0.15, 0.2) is 0 Å². The van der Waals surface area contributed by atoms with Gasteiger partial charge < -0.3 is 0 Å². The number of rotatable bonds is 5. The van der Waals surface area contributed by atoms with E-state index in [2.05, 4.69) is 16.3 Å². The Hall–Kier alpha value is -0.710. The van der Waals surface area contributed by atoms with Crippen molar-refractivity contribution in [1.29, 1.82) is 0 Å². The molecule has 2 atom stereocenters. The summed E-state index contributed by atoms with van der Waals surface area (Å²) < 4.78 is 14.9. The second-order valence-corrected chi connectivity index (χ2v) is 7.45. The molecule has 1 heterocycles. The predicted octanol–water partition coefficient (Wildman–Crippen LogP) is 3.40. The van der Waals surface area contributed by atoms with Gasteiger partial charge in [0.25, 0.3) is 0 Å². The number of nitrogens with one attached hydrogen (secondary N) is 1. The SMILES string of the molecule is C=CC[C@H](NS(=O)C(C)(C)C)c1cncc(Cl)c1. The lowest BCUT2D eigenvalue weighted by molar-refractivity contribution is 0.601. The molecule has 1 N–H and O–H groups in total. The first-order valence-electron chi connectivity index (χ1n) is 5.74. The van der Waals surface area contributed by atoms with Gasteiger partial charge in [-0.2, -0.15) is 0 Å². The Morgan fingerprint density at radius 3 is 2.72 bits per heavy atom. The van der Waals surface area contributed by atoms with Crippen molar-refractivity contribution in [2.75, 3.05) is 0 Å². The molecule has 1 rings (SSSR count). The van der Waals surface area contributed by atoms with E-state index in [9.17, 15) is 4.21 Å². The molecule has 5 heteroatoms. The largest absolute Gasteiger partial charge is 0.263 e. The van der Waals surface area contributed by atoms with Crippen LogP contribution in [0, 0.1) is 0 Å². The van der Waals surface area contributed by atoms with Crippen LogP contribution in [0.2, 0.25) is 5.02 Å². The number of nitrogens with zero attached hydrogens (tertiary/aromatic N) is 1. The van der Waals surface area contributed by atoms with E-state index in [-0.39, 0.29) is 10.8 Å². The molecule has 0 radical (unpaired) electrons. The molecule has 0 aromatic carbocycles. The summed E-state index contributed by atoms with van der Waals surface area (Å²) in [6.07, 6.45) is 5.77. The standard InChI is InChI=1S/C13H19ClN2OS/c1-5-6-12(16-18(17)13(2,3)4)10-7-11(14)9-15-8-10/h5,7-9,12,16H,1,6H2,2-4H3/t12-,18?/m0/s1. The molecule has 0 bridgehead atoms. The summed E-state index contributed by atoms with van der Waals surface area (Å²) in [4.78, 5) is 4.05. The maximum absolute atomic E-state index is 12.1. The normalized spacial score (nSPS) is 15.1. The van der Waals surface area contributed by atoms with Crippen molar-refractivity contribution in [1.82, 2.24) is 9.71 Å². The van der Waals surface area contributed by atoms with Gasteiger partial charge in [-0.15, -0.1) is 6.58 Å². The summed E-state index contributed by atoms with van der Waals surface area (Å²) in [5, 5.41) is 0.574. The fraction of sp³-hybridized carbons (Fsp3) is 0.462. The number of halogens is 1. The number of hydrogen-bond acceptors (Lipinski definition) is 2. The second kappa shape index (κ2) is 6.45. The van der Waals surface area contributed by atoms with Crippen LogP contribution in [0.4, 0.5) is 0 Å². The Kier molecular flexibility index (Phi) is 5.50. The molecule has 0 saturated carbocycles.